The molecule has 1 aromatic rings. The third kappa shape index (κ3) is 3.33. The predicted octanol–water partition coefficient (Wildman–Crippen LogP) is 1.50. The lowest BCUT2D eigenvalue weighted by Crippen LogP contribution is -2.50. The fraction of sp³-hybridized carbons (Fsp3) is 0.500. The van der Waals surface area contributed by atoms with Crippen molar-refractivity contribution < 1.29 is 27.3 Å². The molecule has 1 amide bonds. The molecule has 1 aliphatic heterocycles. The fourth-order valence-electron chi connectivity index (χ4n) is 2.42. The van der Waals surface area contributed by atoms with Gasteiger partial charge in [-0.2, -0.15) is 13.2 Å². The molecule has 2 rings (SSSR count). The molecule has 0 aromatic heterocycles. The van der Waals surface area contributed by atoms with E-state index in [0.717, 1.165) is 19.1 Å². The Morgan fingerprint density at radius 3 is 2.18 bits per heavy atom. The Morgan fingerprint density at radius 2 is 1.68 bits per heavy atom. The molecule has 0 spiro atoms. The molecule has 0 saturated carbocycles. The van der Waals surface area contributed by atoms with Gasteiger partial charge in [-0.1, -0.05) is 18.2 Å². The Balaban J connectivity index is 2.34. The Morgan fingerprint density at radius 1 is 1.18 bits per heavy atom. The molecule has 122 valence electrons. The van der Waals surface area contributed by atoms with Crippen molar-refractivity contribution in [3.05, 3.63) is 35.4 Å². The summed E-state index contributed by atoms with van der Waals surface area (Å²) >= 11 is 0. The Labute approximate surface area is 128 Å². The number of rotatable bonds is 2. The number of halogens is 3. The molecule has 1 N–H and O–H groups in total. The molecule has 1 unspecified atom stereocenters. The van der Waals surface area contributed by atoms with Gasteiger partial charge < -0.3 is 10.0 Å². The number of benzene rings is 1. The number of hydrogen-bond acceptors (Lipinski definition) is 3. The van der Waals surface area contributed by atoms with Gasteiger partial charge in [-0.15, -0.1) is 0 Å². The van der Waals surface area contributed by atoms with Crippen LogP contribution in [0.5, 0.6) is 0 Å². The molecule has 1 fully saturated rings. The van der Waals surface area contributed by atoms with E-state index in [1.807, 2.05) is 0 Å². The molecular weight excluding hydrogens is 319 g/mol. The lowest BCUT2D eigenvalue weighted by atomic mass is 9.89. The van der Waals surface area contributed by atoms with Gasteiger partial charge in [-0.25, -0.2) is 0 Å². The lowest BCUT2D eigenvalue weighted by Gasteiger charge is -2.34. The molecule has 8 heteroatoms. The van der Waals surface area contributed by atoms with Gasteiger partial charge in [-0.3, -0.25) is 9.00 Å². The van der Waals surface area contributed by atoms with Crippen molar-refractivity contribution >= 4 is 16.7 Å². The second kappa shape index (κ2) is 6.00. The first kappa shape index (κ1) is 17.0. The number of aliphatic hydroxyl groups is 1. The second-order valence-corrected chi connectivity index (χ2v) is 6.95. The van der Waals surface area contributed by atoms with Gasteiger partial charge in [0.1, 0.15) is 0 Å². The maximum atomic E-state index is 13.1. The van der Waals surface area contributed by atoms with E-state index in [2.05, 4.69) is 0 Å². The van der Waals surface area contributed by atoms with Crippen LogP contribution in [0.1, 0.15) is 18.1 Å². The van der Waals surface area contributed by atoms with Crippen molar-refractivity contribution in [3.8, 4) is 0 Å². The summed E-state index contributed by atoms with van der Waals surface area (Å²) in [7, 11) is -1.02. The molecule has 0 aliphatic carbocycles. The van der Waals surface area contributed by atoms with E-state index in [-0.39, 0.29) is 24.6 Å². The Bertz CT molecular complexity index is 591. The predicted molar refractivity (Wildman–Crippen MR) is 75.5 cm³/mol. The maximum absolute atomic E-state index is 13.1. The minimum atomic E-state index is -4.66. The molecule has 22 heavy (non-hydrogen) atoms. The first-order valence-corrected chi connectivity index (χ1v) is 8.16. The number of hydrogen-bond donors (Lipinski definition) is 1. The van der Waals surface area contributed by atoms with Gasteiger partial charge in [0.05, 0.1) is 5.56 Å². The molecule has 0 radical (unpaired) electrons. The van der Waals surface area contributed by atoms with E-state index < -0.39 is 39.6 Å². The fourth-order valence-corrected chi connectivity index (χ4v) is 3.47. The van der Waals surface area contributed by atoms with E-state index in [4.69, 9.17) is 0 Å². The molecule has 1 atom stereocenters. The van der Waals surface area contributed by atoms with E-state index in [1.54, 1.807) is 0 Å². The van der Waals surface area contributed by atoms with Gasteiger partial charge in [0, 0.05) is 41.0 Å². The van der Waals surface area contributed by atoms with Crippen molar-refractivity contribution in [3.63, 3.8) is 0 Å². The largest absolute Gasteiger partial charge is 0.416 e. The highest BCUT2D eigenvalue weighted by Crippen LogP contribution is 2.37. The summed E-state index contributed by atoms with van der Waals surface area (Å²) < 4.78 is 50.5. The smallest absolute Gasteiger partial charge is 0.376 e. The minimum Gasteiger partial charge on any atom is -0.376 e. The quantitative estimate of drug-likeness (QED) is 0.891. The van der Waals surface area contributed by atoms with Crippen molar-refractivity contribution in [2.45, 2.75) is 18.7 Å². The summed E-state index contributed by atoms with van der Waals surface area (Å²) in [5, 5.41) is 10.4. The number of alkyl halides is 3. The van der Waals surface area contributed by atoms with Gasteiger partial charge in [-0.05, 0) is 13.0 Å². The van der Waals surface area contributed by atoms with Crippen molar-refractivity contribution in [2.24, 2.45) is 0 Å². The summed E-state index contributed by atoms with van der Waals surface area (Å²) in [6.07, 6.45) is -4.66. The van der Waals surface area contributed by atoms with Crippen molar-refractivity contribution in [2.75, 3.05) is 24.6 Å². The molecule has 1 aliphatic rings. The third-order valence-electron chi connectivity index (χ3n) is 3.64. The van der Waals surface area contributed by atoms with Crippen molar-refractivity contribution in [1.82, 2.24) is 4.90 Å². The normalized spacial score (nSPS) is 19.8. The molecule has 1 heterocycles. The maximum Gasteiger partial charge on any atom is 0.416 e. The zero-order valence-electron chi connectivity index (χ0n) is 11.9. The van der Waals surface area contributed by atoms with Crippen LogP contribution in [-0.2, 0) is 27.4 Å². The third-order valence-corrected chi connectivity index (χ3v) is 4.91. The second-order valence-electron chi connectivity index (χ2n) is 5.26. The number of carbonyl (C=O) groups is 1. The monoisotopic (exact) mass is 335 g/mol. The van der Waals surface area contributed by atoms with Crippen LogP contribution in [-0.4, -0.2) is 44.7 Å². The minimum absolute atomic E-state index is 0.162. The summed E-state index contributed by atoms with van der Waals surface area (Å²) in [4.78, 5) is 13.7. The van der Waals surface area contributed by atoms with Crippen LogP contribution in [0, 0.1) is 0 Å². The van der Waals surface area contributed by atoms with Crippen LogP contribution in [0.3, 0.4) is 0 Å². The van der Waals surface area contributed by atoms with Crippen LogP contribution in [0.4, 0.5) is 13.2 Å². The first-order valence-electron chi connectivity index (χ1n) is 6.67. The van der Waals surface area contributed by atoms with Crippen LogP contribution >= 0.6 is 0 Å². The van der Waals surface area contributed by atoms with Crippen molar-refractivity contribution in [1.29, 1.82) is 0 Å². The Kier molecular flexibility index (Phi) is 4.62. The lowest BCUT2D eigenvalue weighted by molar-refractivity contribution is -0.153. The van der Waals surface area contributed by atoms with E-state index in [9.17, 15) is 27.3 Å². The molecule has 1 aromatic carbocycles. The number of carbonyl (C=O) groups excluding carboxylic acids is 1. The summed E-state index contributed by atoms with van der Waals surface area (Å²) in [6.45, 7) is 1.39. The number of amides is 1. The average molecular weight is 335 g/mol. The van der Waals surface area contributed by atoms with Crippen LogP contribution in [0.2, 0.25) is 0 Å². The Hall–Kier alpha value is -1.41. The zero-order chi connectivity index (χ0) is 16.5. The van der Waals surface area contributed by atoms with Gasteiger partial charge in [0.2, 0.25) is 0 Å². The standard InChI is InChI=1S/C14H16F3NO3S/c1-13(20,12(19)18-6-8-22(21)9-7-18)10-4-2-3-5-11(10)14(15,16)17/h2-5,20H,6-9H2,1H3. The topological polar surface area (TPSA) is 57.6 Å². The molecular formula is C14H16F3NO3S. The highest BCUT2D eigenvalue weighted by Gasteiger charge is 2.44. The highest BCUT2D eigenvalue weighted by atomic mass is 32.2. The van der Waals surface area contributed by atoms with E-state index >= 15 is 0 Å². The zero-order valence-corrected chi connectivity index (χ0v) is 12.7. The summed E-state index contributed by atoms with van der Waals surface area (Å²) in [5.41, 5.74) is -3.79. The number of nitrogens with zero attached hydrogens (tertiary/aromatic N) is 1. The first-order chi connectivity index (χ1) is 10.1. The average Bonchev–Trinajstić information content (AvgIpc) is 2.46. The molecule has 0 bridgehead atoms. The van der Waals surface area contributed by atoms with E-state index in [0.29, 0.717) is 0 Å². The molecule has 1 saturated heterocycles. The molecule has 4 nitrogen and oxygen atoms in total. The highest BCUT2D eigenvalue weighted by molar-refractivity contribution is 7.85. The van der Waals surface area contributed by atoms with Crippen LogP contribution in [0.25, 0.3) is 0 Å². The van der Waals surface area contributed by atoms with E-state index in [1.165, 1.54) is 17.0 Å². The van der Waals surface area contributed by atoms with Gasteiger partial charge in [0.15, 0.2) is 5.60 Å². The summed E-state index contributed by atoms with van der Waals surface area (Å²) in [6, 6.07) is 4.49. The summed E-state index contributed by atoms with van der Waals surface area (Å²) in [5.74, 6) is -0.272. The van der Waals surface area contributed by atoms with Crippen LogP contribution in [0.15, 0.2) is 24.3 Å². The van der Waals surface area contributed by atoms with Crippen LogP contribution < -0.4 is 0 Å². The van der Waals surface area contributed by atoms with Gasteiger partial charge >= 0.3 is 6.18 Å². The SMILES string of the molecule is CC(O)(C(=O)N1CCS(=O)CC1)c1ccccc1C(F)(F)F. The van der Waals surface area contributed by atoms with Gasteiger partial charge in [0.25, 0.3) is 5.91 Å².